The van der Waals surface area contributed by atoms with E-state index in [9.17, 15) is 0 Å². The highest BCUT2D eigenvalue weighted by Gasteiger charge is 2.41. The number of rotatable bonds is 6. The quantitative estimate of drug-likeness (QED) is 0.124. The summed E-state index contributed by atoms with van der Waals surface area (Å²) in [6, 6.07) is 72.5. The summed E-state index contributed by atoms with van der Waals surface area (Å²) in [5.41, 5.74) is 8.38. The molecule has 0 bridgehead atoms. The molecule has 0 saturated carbocycles. The summed E-state index contributed by atoms with van der Waals surface area (Å²) >= 11 is 3.75. The first-order chi connectivity index (χ1) is 27.2. The topological polar surface area (TPSA) is 17.8 Å². The highest BCUT2D eigenvalue weighted by molar-refractivity contribution is 7.98. The summed E-state index contributed by atoms with van der Waals surface area (Å²) in [6.07, 6.45) is 0. The van der Waals surface area contributed by atoms with Crippen molar-refractivity contribution in [3.8, 4) is 27.9 Å². The molecule has 0 radical (unpaired) electrons. The van der Waals surface area contributed by atoms with Gasteiger partial charge in [0, 0.05) is 25.1 Å². The Hall–Kier alpha value is -5.98. The van der Waals surface area contributed by atoms with Gasteiger partial charge in [-0.25, -0.2) is 4.98 Å². The Morgan fingerprint density at radius 2 is 1.04 bits per heavy atom. The summed E-state index contributed by atoms with van der Waals surface area (Å²) in [7, 11) is -2.83. The first kappa shape index (κ1) is 32.4. The lowest BCUT2D eigenvalue weighted by molar-refractivity contribution is 0.945. The average Bonchev–Trinajstić information content (AvgIpc) is 3.83. The van der Waals surface area contributed by atoms with E-state index in [0.717, 1.165) is 17.1 Å². The first-order valence-electron chi connectivity index (χ1n) is 18.7. The molecule has 10 aromatic rings. The van der Waals surface area contributed by atoms with Crippen LogP contribution in [0.1, 0.15) is 5.82 Å². The van der Waals surface area contributed by atoms with E-state index in [2.05, 4.69) is 199 Å². The van der Waals surface area contributed by atoms with Crippen LogP contribution in [0.2, 0.25) is 0 Å². The van der Waals surface area contributed by atoms with Gasteiger partial charge in [-0.15, -0.1) is 23.1 Å². The SMILES string of the molecule is c1ccc([Si](c2ccccc2)(c2cccc(-c3ccc4c(c3)SCc3nc5ccccc5n3-4)c2)c2cccc(-c3ccc4sc5ccccc5c4c3)c2)cc1. The number of imidazole rings is 1. The number of para-hydroxylation sites is 2. The van der Waals surface area contributed by atoms with Gasteiger partial charge in [0.15, 0.2) is 8.07 Å². The molecule has 2 aromatic heterocycles. The zero-order chi connectivity index (χ0) is 36.3. The molecule has 0 amide bonds. The molecule has 11 rings (SSSR count). The Bertz CT molecular complexity index is 3020. The second-order valence-corrected chi connectivity index (χ2v) is 20.2. The van der Waals surface area contributed by atoms with Crippen molar-refractivity contribution in [3.05, 3.63) is 200 Å². The zero-order valence-electron chi connectivity index (χ0n) is 29.9. The van der Waals surface area contributed by atoms with Crippen molar-refractivity contribution >= 4 is 83.1 Å². The minimum Gasteiger partial charge on any atom is -0.294 e. The van der Waals surface area contributed by atoms with E-state index in [1.165, 1.54) is 79.3 Å². The van der Waals surface area contributed by atoms with Gasteiger partial charge < -0.3 is 0 Å². The van der Waals surface area contributed by atoms with Gasteiger partial charge in [0.05, 0.1) is 22.5 Å². The Kier molecular flexibility index (Phi) is 7.73. The summed E-state index contributed by atoms with van der Waals surface area (Å²) < 4.78 is 5.00. The largest absolute Gasteiger partial charge is 0.294 e. The molecule has 0 N–H and O–H groups in total. The van der Waals surface area contributed by atoms with Crippen LogP contribution in [0.25, 0.3) is 59.1 Å². The standard InChI is InChI=1S/C50H34N2S2Si/c1-3-15-38(16-4-1)55(39-17-5-2-6-18-39,40-19-11-13-34(29-40)36-26-28-48-43(31-36)42-21-7-10-24-47(42)54-48)41-20-12-14-35(30-41)37-25-27-46-49(32-37)53-33-50-51-44-22-8-9-23-45(44)52(46)50/h1-32H,33H2. The Balaban J connectivity index is 1.09. The summed E-state index contributed by atoms with van der Waals surface area (Å²) in [6.45, 7) is 0. The van der Waals surface area contributed by atoms with Crippen molar-refractivity contribution in [2.75, 3.05) is 0 Å². The molecule has 260 valence electrons. The Morgan fingerprint density at radius 1 is 0.455 bits per heavy atom. The highest BCUT2D eigenvalue weighted by atomic mass is 32.2. The van der Waals surface area contributed by atoms with E-state index in [1.807, 2.05) is 23.1 Å². The lowest BCUT2D eigenvalue weighted by atomic mass is 10.0. The van der Waals surface area contributed by atoms with Gasteiger partial charge in [0.2, 0.25) is 0 Å². The Morgan fingerprint density at radius 3 is 1.78 bits per heavy atom. The number of thioether (sulfide) groups is 1. The maximum absolute atomic E-state index is 4.95. The zero-order valence-corrected chi connectivity index (χ0v) is 32.5. The fraction of sp³-hybridized carbons (Fsp3) is 0.0200. The third-order valence-electron chi connectivity index (χ3n) is 11.2. The van der Waals surface area contributed by atoms with Crippen molar-refractivity contribution in [1.82, 2.24) is 9.55 Å². The number of thiophene rings is 1. The van der Waals surface area contributed by atoms with Crippen LogP contribution in [0.15, 0.2) is 199 Å². The number of fused-ring (bicyclic) bond motifs is 8. The lowest BCUT2D eigenvalue weighted by Gasteiger charge is -2.35. The fourth-order valence-electron chi connectivity index (χ4n) is 8.72. The summed E-state index contributed by atoms with van der Waals surface area (Å²) in [4.78, 5) is 6.24. The maximum atomic E-state index is 4.95. The predicted octanol–water partition coefficient (Wildman–Crippen LogP) is 10.7. The molecule has 8 aromatic carbocycles. The van der Waals surface area contributed by atoms with Gasteiger partial charge in [0.1, 0.15) is 5.82 Å². The van der Waals surface area contributed by atoms with Crippen LogP contribution in [0.5, 0.6) is 0 Å². The lowest BCUT2D eigenvalue weighted by Crippen LogP contribution is -2.74. The number of benzene rings is 8. The highest BCUT2D eigenvalue weighted by Crippen LogP contribution is 2.40. The smallest absolute Gasteiger partial charge is 0.179 e. The molecule has 2 nitrogen and oxygen atoms in total. The molecule has 0 saturated heterocycles. The van der Waals surface area contributed by atoms with E-state index >= 15 is 0 Å². The molecule has 0 unspecified atom stereocenters. The van der Waals surface area contributed by atoms with Crippen LogP contribution in [-0.2, 0) is 5.75 Å². The van der Waals surface area contributed by atoms with Crippen LogP contribution in [-0.4, -0.2) is 17.6 Å². The van der Waals surface area contributed by atoms with Crippen LogP contribution in [0.4, 0.5) is 0 Å². The maximum Gasteiger partial charge on any atom is 0.179 e. The monoisotopic (exact) mass is 754 g/mol. The summed E-state index contributed by atoms with van der Waals surface area (Å²) in [5, 5.41) is 8.13. The molecule has 0 spiro atoms. The van der Waals surface area contributed by atoms with Gasteiger partial charge >= 0.3 is 0 Å². The Labute approximate surface area is 329 Å². The van der Waals surface area contributed by atoms with Crippen molar-refractivity contribution in [2.24, 2.45) is 0 Å². The fourth-order valence-corrected chi connectivity index (χ4v) is 15.6. The van der Waals surface area contributed by atoms with Crippen LogP contribution >= 0.6 is 23.1 Å². The minimum absolute atomic E-state index is 0.856. The van der Waals surface area contributed by atoms with Crippen molar-refractivity contribution < 1.29 is 0 Å². The van der Waals surface area contributed by atoms with Gasteiger partial charge in [-0.05, 0) is 85.5 Å². The number of nitrogens with zero attached hydrogens (tertiary/aromatic N) is 2. The second kappa shape index (κ2) is 13.1. The third-order valence-corrected chi connectivity index (χ3v) is 18.2. The normalized spacial score (nSPS) is 12.6. The molecule has 0 atom stereocenters. The molecule has 1 aliphatic rings. The van der Waals surface area contributed by atoms with E-state index in [1.54, 1.807) is 0 Å². The average molecular weight is 755 g/mol. The molecular weight excluding hydrogens is 721 g/mol. The predicted molar refractivity (Wildman–Crippen MR) is 238 cm³/mol. The van der Waals surface area contributed by atoms with Crippen molar-refractivity contribution in [3.63, 3.8) is 0 Å². The van der Waals surface area contributed by atoms with Crippen LogP contribution in [0, 0.1) is 0 Å². The van der Waals surface area contributed by atoms with Crippen molar-refractivity contribution in [2.45, 2.75) is 10.6 Å². The molecule has 0 aliphatic carbocycles. The molecule has 5 heteroatoms. The third kappa shape index (κ3) is 5.26. The number of aromatic nitrogens is 2. The summed E-state index contributed by atoms with van der Waals surface area (Å²) in [5.74, 6) is 1.97. The second-order valence-electron chi connectivity index (χ2n) is 14.3. The molecule has 1 aliphatic heterocycles. The van der Waals surface area contributed by atoms with E-state index < -0.39 is 8.07 Å². The van der Waals surface area contributed by atoms with Crippen LogP contribution < -0.4 is 20.7 Å². The van der Waals surface area contributed by atoms with Crippen LogP contribution in [0.3, 0.4) is 0 Å². The molecular formula is C50H34N2S2Si. The van der Waals surface area contributed by atoms with Crippen molar-refractivity contribution in [1.29, 1.82) is 0 Å². The van der Waals surface area contributed by atoms with Gasteiger partial charge in [-0.3, -0.25) is 4.57 Å². The van der Waals surface area contributed by atoms with Gasteiger partial charge in [0.25, 0.3) is 0 Å². The number of hydrogen-bond donors (Lipinski definition) is 0. The molecule has 3 heterocycles. The minimum atomic E-state index is -2.83. The molecule has 55 heavy (non-hydrogen) atoms. The van der Waals surface area contributed by atoms with Gasteiger partial charge in [-0.2, -0.15) is 0 Å². The van der Waals surface area contributed by atoms with Gasteiger partial charge in [-0.1, -0.05) is 152 Å². The first-order valence-corrected chi connectivity index (χ1v) is 22.5. The van der Waals surface area contributed by atoms with E-state index in [-0.39, 0.29) is 0 Å². The number of hydrogen-bond acceptors (Lipinski definition) is 3. The van der Waals surface area contributed by atoms with E-state index in [4.69, 9.17) is 4.98 Å². The van der Waals surface area contributed by atoms with E-state index in [0.29, 0.717) is 0 Å². The molecule has 0 fully saturated rings.